The number of nitrogens with one attached hydrogen (secondary N) is 1. The predicted octanol–water partition coefficient (Wildman–Crippen LogP) is 2.84. The number of non-ortho nitro benzene ring substituents is 1. The van der Waals surface area contributed by atoms with E-state index in [9.17, 15) is 14.5 Å². The summed E-state index contributed by atoms with van der Waals surface area (Å²) in [6.07, 6.45) is 0. The Kier molecular flexibility index (Phi) is 4.27. The van der Waals surface area contributed by atoms with Gasteiger partial charge in [0.05, 0.1) is 17.2 Å². The van der Waals surface area contributed by atoms with E-state index in [0.29, 0.717) is 6.54 Å². The van der Waals surface area contributed by atoms with E-state index >= 15 is 0 Å². The molecule has 0 atom stereocenters. The zero-order chi connectivity index (χ0) is 14.5. The van der Waals surface area contributed by atoms with Crippen LogP contribution in [0.2, 0.25) is 0 Å². The van der Waals surface area contributed by atoms with E-state index in [1.807, 2.05) is 0 Å². The molecule has 0 saturated heterocycles. The summed E-state index contributed by atoms with van der Waals surface area (Å²) in [4.78, 5) is 10.1. The number of halogens is 1. The monoisotopic (exact) mass is 276 g/mol. The Balaban J connectivity index is 2.09. The van der Waals surface area contributed by atoms with Crippen molar-refractivity contribution in [3.8, 4) is 0 Å². The van der Waals surface area contributed by atoms with Crippen molar-refractivity contribution in [2.24, 2.45) is 0 Å². The first kappa shape index (κ1) is 14.0. The highest BCUT2D eigenvalue weighted by atomic mass is 19.1. The molecule has 0 aromatic heterocycles. The molecule has 20 heavy (non-hydrogen) atoms. The minimum absolute atomic E-state index is 0.0345. The highest BCUT2D eigenvalue weighted by Gasteiger charge is 2.10. The van der Waals surface area contributed by atoms with E-state index in [0.717, 1.165) is 29.3 Å². The first-order valence-electron chi connectivity index (χ1n) is 5.96. The van der Waals surface area contributed by atoms with Crippen molar-refractivity contribution in [3.63, 3.8) is 0 Å². The number of hydrogen-bond donors (Lipinski definition) is 2. The molecular weight excluding hydrogens is 263 g/mol. The van der Waals surface area contributed by atoms with Gasteiger partial charge < -0.3 is 10.4 Å². The van der Waals surface area contributed by atoms with Gasteiger partial charge >= 0.3 is 0 Å². The van der Waals surface area contributed by atoms with E-state index in [1.165, 1.54) is 0 Å². The molecular formula is C14H13FN2O3. The van der Waals surface area contributed by atoms with Crippen molar-refractivity contribution in [2.45, 2.75) is 13.2 Å². The first-order chi connectivity index (χ1) is 9.60. The average molecular weight is 276 g/mol. The Bertz CT molecular complexity index is 614. The molecule has 0 aliphatic heterocycles. The van der Waals surface area contributed by atoms with Gasteiger partial charge in [0.15, 0.2) is 0 Å². The SMILES string of the molecule is O=[N+]([O-])c1ccc(F)c(NCc2ccc(CO)cc2)c1. The standard InChI is InChI=1S/C14H13FN2O3/c15-13-6-5-12(17(19)20)7-14(13)16-8-10-1-3-11(9-18)4-2-10/h1-7,16,18H,8-9H2. The van der Waals surface area contributed by atoms with Gasteiger partial charge in [-0.05, 0) is 17.2 Å². The van der Waals surface area contributed by atoms with Gasteiger partial charge in [-0.3, -0.25) is 10.1 Å². The van der Waals surface area contributed by atoms with Gasteiger partial charge in [0.2, 0.25) is 0 Å². The van der Waals surface area contributed by atoms with Crippen LogP contribution in [-0.4, -0.2) is 10.0 Å². The van der Waals surface area contributed by atoms with Gasteiger partial charge in [0, 0.05) is 18.7 Å². The quantitative estimate of drug-likeness (QED) is 0.650. The Hall–Kier alpha value is -2.47. The van der Waals surface area contributed by atoms with Crippen molar-refractivity contribution in [1.29, 1.82) is 0 Å². The number of nitro benzene ring substituents is 1. The van der Waals surface area contributed by atoms with Crippen LogP contribution in [0.3, 0.4) is 0 Å². The Morgan fingerprint density at radius 1 is 1.15 bits per heavy atom. The molecule has 0 fully saturated rings. The van der Waals surface area contributed by atoms with Gasteiger partial charge in [0.1, 0.15) is 5.82 Å². The Morgan fingerprint density at radius 2 is 1.80 bits per heavy atom. The smallest absolute Gasteiger partial charge is 0.271 e. The maximum absolute atomic E-state index is 13.5. The van der Waals surface area contributed by atoms with Crippen LogP contribution in [0.5, 0.6) is 0 Å². The van der Waals surface area contributed by atoms with E-state index in [4.69, 9.17) is 5.11 Å². The molecule has 0 amide bonds. The summed E-state index contributed by atoms with van der Waals surface area (Å²) in [6.45, 7) is 0.303. The summed E-state index contributed by atoms with van der Waals surface area (Å²) in [7, 11) is 0. The van der Waals surface area contributed by atoms with Crippen LogP contribution in [-0.2, 0) is 13.2 Å². The fourth-order valence-electron chi connectivity index (χ4n) is 1.72. The molecule has 0 bridgehead atoms. The lowest BCUT2D eigenvalue weighted by atomic mass is 10.1. The minimum atomic E-state index is -0.569. The lowest BCUT2D eigenvalue weighted by molar-refractivity contribution is -0.384. The molecule has 2 aromatic carbocycles. The fraction of sp³-hybridized carbons (Fsp3) is 0.143. The van der Waals surface area contributed by atoms with Crippen LogP contribution < -0.4 is 5.32 Å². The van der Waals surface area contributed by atoms with Crippen molar-refractivity contribution in [2.75, 3.05) is 5.32 Å². The largest absolute Gasteiger partial charge is 0.392 e. The number of benzene rings is 2. The number of anilines is 1. The average Bonchev–Trinajstić information content (AvgIpc) is 2.46. The lowest BCUT2D eigenvalue weighted by Crippen LogP contribution is -2.02. The van der Waals surface area contributed by atoms with E-state index in [1.54, 1.807) is 24.3 Å². The highest BCUT2D eigenvalue weighted by molar-refractivity contribution is 5.52. The van der Waals surface area contributed by atoms with Crippen molar-refractivity contribution in [3.05, 3.63) is 69.5 Å². The summed E-state index contributed by atoms with van der Waals surface area (Å²) >= 11 is 0. The van der Waals surface area contributed by atoms with E-state index in [-0.39, 0.29) is 18.0 Å². The van der Waals surface area contributed by atoms with Crippen molar-refractivity contribution < 1.29 is 14.4 Å². The number of nitro groups is 1. The van der Waals surface area contributed by atoms with Crippen LogP contribution in [0.1, 0.15) is 11.1 Å². The highest BCUT2D eigenvalue weighted by Crippen LogP contribution is 2.21. The number of aliphatic hydroxyl groups is 1. The van der Waals surface area contributed by atoms with Gasteiger partial charge in [-0.2, -0.15) is 0 Å². The Labute approximate surface area is 114 Å². The molecule has 0 heterocycles. The third-order valence-corrected chi connectivity index (χ3v) is 2.85. The third-order valence-electron chi connectivity index (χ3n) is 2.85. The van der Waals surface area contributed by atoms with Crippen LogP contribution in [0.4, 0.5) is 15.8 Å². The topological polar surface area (TPSA) is 75.4 Å². The zero-order valence-electron chi connectivity index (χ0n) is 10.5. The predicted molar refractivity (Wildman–Crippen MR) is 72.7 cm³/mol. The summed E-state index contributed by atoms with van der Waals surface area (Å²) in [5.74, 6) is -0.539. The van der Waals surface area contributed by atoms with E-state index < -0.39 is 10.7 Å². The molecule has 0 radical (unpaired) electrons. The molecule has 0 unspecified atom stereocenters. The summed E-state index contributed by atoms with van der Waals surface area (Å²) in [5, 5.41) is 22.4. The molecule has 0 aliphatic rings. The summed E-state index contributed by atoms with van der Waals surface area (Å²) < 4.78 is 13.5. The molecule has 5 nitrogen and oxygen atoms in total. The number of rotatable bonds is 5. The van der Waals surface area contributed by atoms with E-state index in [2.05, 4.69) is 5.32 Å². The van der Waals surface area contributed by atoms with Gasteiger partial charge in [-0.25, -0.2) is 4.39 Å². The molecule has 2 aromatic rings. The molecule has 2 rings (SSSR count). The number of aliphatic hydroxyl groups excluding tert-OH is 1. The minimum Gasteiger partial charge on any atom is -0.392 e. The second-order valence-electron chi connectivity index (χ2n) is 4.25. The normalized spacial score (nSPS) is 10.3. The second-order valence-corrected chi connectivity index (χ2v) is 4.25. The third kappa shape index (κ3) is 3.30. The van der Waals surface area contributed by atoms with Crippen LogP contribution in [0, 0.1) is 15.9 Å². The molecule has 104 valence electrons. The maximum Gasteiger partial charge on any atom is 0.271 e. The molecule has 0 saturated carbocycles. The van der Waals surface area contributed by atoms with Crippen molar-refractivity contribution in [1.82, 2.24) is 0 Å². The maximum atomic E-state index is 13.5. The molecule has 0 spiro atoms. The first-order valence-corrected chi connectivity index (χ1v) is 5.96. The van der Waals surface area contributed by atoms with Gasteiger partial charge in [-0.1, -0.05) is 24.3 Å². The number of nitrogens with zero attached hydrogens (tertiary/aromatic N) is 1. The Morgan fingerprint density at radius 3 is 2.40 bits per heavy atom. The van der Waals surface area contributed by atoms with Crippen LogP contribution in [0.25, 0.3) is 0 Å². The molecule has 0 aliphatic carbocycles. The lowest BCUT2D eigenvalue weighted by Gasteiger charge is -2.08. The zero-order valence-corrected chi connectivity index (χ0v) is 10.5. The molecule has 2 N–H and O–H groups in total. The van der Waals surface area contributed by atoms with Crippen molar-refractivity contribution >= 4 is 11.4 Å². The second kappa shape index (κ2) is 6.12. The van der Waals surface area contributed by atoms with Crippen LogP contribution in [0.15, 0.2) is 42.5 Å². The van der Waals surface area contributed by atoms with Gasteiger partial charge in [0.25, 0.3) is 5.69 Å². The summed E-state index contributed by atoms with van der Waals surface area (Å²) in [5.41, 5.74) is 1.60. The fourth-order valence-corrected chi connectivity index (χ4v) is 1.72. The number of hydrogen-bond acceptors (Lipinski definition) is 4. The summed E-state index contributed by atoms with van der Waals surface area (Å²) in [6, 6.07) is 10.5. The van der Waals surface area contributed by atoms with Crippen LogP contribution >= 0.6 is 0 Å². The molecule has 6 heteroatoms. The van der Waals surface area contributed by atoms with Gasteiger partial charge in [-0.15, -0.1) is 0 Å².